The Morgan fingerprint density at radius 3 is 2.19 bits per heavy atom. The molecule has 2 N–H and O–H groups in total. The Morgan fingerprint density at radius 1 is 1.06 bits per heavy atom. The number of carbonyl (C=O) groups excluding carboxylic acids is 2. The number of hydrogen-bond donors (Lipinski definition) is 2. The van der Waals surface area contributed by atoms with Crippen LogP contribution in [-0.2, 0) is 19.2 Å². The molecule has 0 aromatic heterocycles. The van der Waals surface area contributed by atoms with Crippen LogP contribution in [0.15, 0.2) is 48.5 Å². The number of likely N-dealkylation sites (N-methyl/N-ethyl adjacent to an activating group) is 1. The van der Waals surface area contributed by atoms with E-state index in [9.17, 15) is 14.4 Å². The van der Waals surface area contributed by atoms with Crippen LogP contribution < -0.4 is 5.32 Å². The van der Waals surface area contributed by atoms with Gasteiger partial charge in [0.1, 0.15) is 12.6 Å². The van der Waals surface area contributed by atoms with Crippen molar-refractivity contribution < 1.29 is 29.1 Å². The van der Waals surface area contributed by atoms with E-state index < -0.39 is 30.6 Å². The second kappa shape index (κ2) is 10.1. The summed E-state index contributed by atoms with van der Waals surface area (Å²) in [6.45, 7) is 1.36. The van der Waals surface area contributed by atoms with Crippen LogP contribution in [0.1, 0.15) is 36.8 Å². The number of fused-ring (bicyclic) bond motifs is 3. The summed E-state index contributed by atoms with van der Waals surface area (Å²) in [4.78, 5) is 40.5. The summed E-state index contributed by atoms with van der Waals surface area (Å²) < 4.78 is 5.49. The first kappa shape index (κ1) is 22.3. The average Bonchev–Trinajstić information content (AvgIpc) is 3.09. The standard InChI is InChI=1S/C23H26N2O6/c1-3-8-20(22(28)25(2)31-14-21(26)27)24-23(29)30-13-19-17-11-6-4-9-15(17)16-10-5-7-12-18(16)19/h4-7,9-12,19-20H,3,8,13-14H2,1-2H3,(H,24,29)(H,26,27). The van der Waals surface area contributed by atoms with Crippen molar-refractivity contribution in [3.8, 4) is 11.1 Å². The fourth-order valence-electron chi connectivity index (χ4n) is 3.76. The molecule has 8 nitrogen and oxygen atoms in total. The lowest BCUT2D eigenvalue weighted by Crippen LogP contribution is -2.48. The Kier molecular flexibility index (Phi) is 7.25. The molecule has 1 aliphatic carbocycles. The van der Waals surface area contributed by atoms with Crippen molar-refractivity contribution in [2.75, 3.05) is 20.3 Å². The van der Waals surface area contributed by atoms with E-state index in [1.54, 1.807) is 0 Å². The van der Waals surface area contributed by atoms with Crippen molar-refractivity contribution in [2.45, 2.75) is 31.7 Å². The highest BCUT2D eigenvalue weighted by Gasteiger charge is 2.30. The van der Waals surface area contributed by atoms with Gasteiger partial charge in [-0.3, -0.25) is 9.63 Å². The van der Waals surface area contributed by atoms with Crippen LogP contribution in [0.5, 0.6) is 0 Å². The van der Waals surface area contributed by atoms with E-state index in [4.69, 9.17) is 14.7 Å². The van der Waals surface area contributed by atoms with Gasteiger partial charge in [0.15, 0.2) is 6.61 Å². The number of amides is 2. The molecule has 0 saturated heterocycles. The maximum atomic E-state index is 12.5. The largest absolute Gasteiger partial charge is 0.479 e. The highest BCUT2D eigenvalue weighted by molar-refractivity contribution is 5.85. The molecule has 0 spiro atoms. The summed E-state index contributed by atoms with van der Waals surface area (Å²) in [5, 5.41) is 12.1. The van der Waals surface area contributed by atoms with Gasteiger partial charge in [-0.05, 0) is 28.7 Å². The molecule has 2 aromatic carbocycles. The second-order valence-electron chi connectivity index (χ2n) is 7.31. The summed E-state index contributed by atoms with van der Waals surface area (Å²) in [6.07, 6.45) is 0.289. The molecule has 3 rings (SSSR count). The van der Waals surface area contributed by atoms with E-state index in [2.05, 4.69) is 17.4 Å². The monoisotopic (exact) mass is 426 g/mol. The lowest BCUT2D eigenvalue weighted by atomic mass is 9.98. The molecule has 0 aliphatic heterocycles. The van der Waals surface area contributed by atoms with E-state index in [0.717, 1.165) is 27.3 Å². The highest BCUT2D eigenvalue weighted by atomic mass is 16.7. The summed E-state index contributed by atoms with van der Waals surface area (Å²) in [7, 11) is 1.31. The van der Waals surface area contributed by atoms with Crippen molar-refractivity contribution in [3.63, 3.8) is 0 Å². The number of carbonyl (C=O) groups is 3. The SMILES string of the molecule is CCCC(NC(=O)OCC1c2ccccc2-c2ccccc21)C(=O)N(C)OCC(=O)O. The molecule has 8 heteroatoms. The Bertz CT molecular complexity index is 915. The van der Waals surface area contributed by atoms with Crippen LogP contribution in [0.2, 0.25) is 0 Å². The van der Waals surface area contributed by atoms with Gasteiger partial charge in [0.2, 0.25) is 0 Å². The van der Waals surface area contributed by atoms with Gasteiger partial charge in [-0.15, -0.1) is 0 Å². The molecule has 164 valence electrons. The molecule has 1 atom stereocenters. The number of carboxylic acids is 1. The molecule has 0 saturated carbocycles. The fourth-order valence-corrected chi connectivity index (χ4v) is 3.76. The van der Waals surface area contributed by atoms with Crippen molar-refractivity contribution in [2.24, 2.45) is 0 Å². The number of nitrogens with one attached hydrogen (secondary N) is 1. The van der Waals surface area contributed by atoms with Gasteiger partial charge in [0, 0.05) is 13.0 Å². The number of benzene rings is 2. The maximum absolute atomic E-state index is 12.5. The maximum Gasteiger partial charge on any atom is 0.407 e. The minimum absolute atomic E-state index is 0.0833. The number of carboxylic acid groups (broad SMARTS) is 1. The van der Waals surface area contributed by atoms with Gasteiger partial charge in [-0.2, -0.15) is 0 Å². The van der Waals surface area contributed by atoms with Crippen molar-refractivity contribution >= 4 is 18.0 Å². The molecular formula is C23H26N2O6. The number of rotatable bonds is 9. The quantitative estimate of drug-likeness (QED) is 0.597. The molecular weight excluding hydrogens is 400 g/mol. The molecule has 0 radical (unpaired) electrons. The van der Waals surface area contributed by atoms with Crippen LogP contribution >= 0.6 is 0 Å². The van der Waals surface area contributed by atoms with E-state index in [1.165, 1.54) is 7.05 Å². The molecule has 0 bridgehead atoms. The van der Waals surface area contributed by atoms with Crippen molar-refractivity contribution in [1.29, 1.82) is 0 Å². The average molecular weight is 426 g/mol. The predicted molar refractivity (Wildman–Crippen MR) is 113 cm³/mol. The van der Waals surface area contributed by atoms with Gasteiger partial charge in [0.05, 0.1) is 0 Å². The first-order valence-electron chi connectivity index (χ1n) is 10.2. The summed E-state index contributed by atoms with van der Waals surface area (Å²) in [6, 6.07) is 15.2. The lowest BCUT2D eigenvalue weighted by Gasteiger charge is -2.23. The van der Waals surface area contributed by atoms with E-state index in [1.807, 2.05) is 43.3 Å². The van der Waals surface area contributed by atoms with Gasteiger partial charge < -0.3 is 15.2 Å². The molecule has 0 fully saturated rings. The highest BCUT2D eigenvalue weighted by Crippen LogP contribution is 2.44. The zero-order valence-corrected chi connectivity index (χ0v) is 17.5. The Labute approximate surface area is 180 Å². The van der Waals surface area contributed by atoms with Gasteiger partial charge in [-0.25, -0.2) is 14.7 Å². The number of ether oxygens (including phenoxy) is 1. The number of hydrogen-bond acceptors (Lipinski definition) is 5. The summed E-state index contributed by atoms with van der Waals surface area (Å²) in [5.41, 5.74) is 4.45. The molecule has 2 amide bonds. The van der Waals surface area contributed by atoms with Crippen molar-refractivity contribution in [3.05, 3.63) is 59.7 Å². The van der Waals surface area contributed by atoms with Crippen molar-refractivity contribution in [1.82, 2.24) is 10.4 Å². The third-order valence-corrected chi connectivity index (χ3v) is 5.20. The van der Waals surface area contributed by atoms with E-state index in [0.29, 0.717) is 12.8 Å². The number of nitrogens with zero attached hydrogens (tertiary/aromatic N) is 1. The smallest absolute Gasteiger partial charge is 0.407 e. The topological polar surface area (TPSA) is 105 Å². The lowest BCUT2D eigenvalue weighted by molar-refractivity contribution is -0.187. The Balaban J connectivity index is 1.63. The van der Waals surface area contributed by atoms with Crippen LogP contribution in [0.25, 0.3) is 11.1 Å². The van der Waals surface area contributed by atoms with Crippen LogP contribution in [0.4, 0.5) is 4.79 Å². The predicted octanol–water partition coefficient (Wildman–Crippen LogP) is 3.17. The van der Waals surface area contributed by atoms with E-state index in [-0.39, 0.29) is 12.5 Å². The van der Waals surface area contributed by atoms with Crippen LogP contribution in [-0.4, -0.2) is 54.4 Å². The number of alkyl carbamates (subject to hydrolysis) is 1. The first-order valence-corrected chi connectivity index (χ1v) is 10.2. The molecule has 2 aromatic rings. The fraction of sp³-hybridized carbons (Fsp3) is 0.348. The molecule has 1 unspecified atom stereocenters. The second-order valence-corrected chi connectivity index (χ2v) is 7.31. The molecule has 0 heterocycles. The molecule has 31 heavy (non-hydrogen) atoms. The van der Waals surface area contributed by atoms with Gasteiger partial charge >= 0.3 is 12.1 Å². The minimum Gasteiger partial charge on any atom is -0.479 e. The van der Waals surface area contributed by atoms with Crippen LogP contribution in [0, 0.1) is 0 Å². The van der Waals surface area contributed by atoms with Gasteiger partial charge in [-0.1, -0.05) is 61.9 Å². The molecule has 1 aliphatic rings. The van der Waals surface area contributed by atoms with Gasteiger partial charge in [0.25, 0.3) is 5.91 Å². The third kappa shape index (κ3) is 5.21. The normalized spacial score (nSPS) is 13.1. The summed E-state index contributed by atoms with van der Waals surface area (Å²) >= 11 is 0. The number of hydroxylamine groups is 2. The third-order valence-electron chi connectivity index (χ3n) is 5.20. The number of aliphatic carboxylic acids is 1. The Hall–Kier alpha value is -3.39. The zero-order chi connectivity index (χ0) is 22.4. The zero-order valence-electron chi connectivity index (χ0n) is 17.5. The van der Waals surface area contributed by atoms with Crippen LogP contribution in [0.3, 0.4) is 0 Å². The van der Waals surface area contributed by atoms with E-state index >= 15 is 0 Å². The Morgan fingerprint density at radius 2 is 1.65 bits per heavy atom. The minimum atomic E-state index is -1.20. The summed E-state index contributed by atoms with van der Waals surface area (Å²) in [5.74, 6) is -1.83. The first-order chi connectivity index (χ1) is 14.9.